The quantitative estimate of drug-likeness (QED) is 0.721. The van der Waals surface area contributed by atoms with E-state index in [0.29, 0.717) is 17.9 Å². The maximum atomic E-state index is 12.5. The molecule has 0 saturated heterocycles. The summed E-state index contributed by atoms with van der Waals surface area (Å²) in [4.78, 5) is 12.5. The lowest BCUT2D eigenvalue weighted by atomic mass is 10.1. The average Bonchev–Trinajstić information content (AvgIpc) is 3.14. The van der Waals surface area contributed by atoms with E-state index in [1.807, 2.05) is 40.9 Å². The van der Waals surface area contributed by atoms with E-state index in [1.165, 1.54) is 0 Å². The predicted octanol–water partition coefficient (Wildman–Crippen LogP) is 3.40. The number of carbonyl (C=O) groups is 1. The predicted molar refractivity (Wildman–Crippen MR) is 101 cm³/mol. The van der Waals surface area contributed by atoms with Gasteiger partial charge < -0.3 is 14.6 Å². The van der Waals surface area contributed by atoms with Crippen LogP contribution in [-0.2, 0) is 13.7 Å². The third-order valence-electron chi connectivity index (χ3n) is 4.55. The van der Waals surface area contributed by atoms with E-state index >= 15 is 0 Å². The maximum Gasteiger partial charge on any atom is 0.251 e. The normalized spacial score (nSPS) is 12.0. The number of aryl methyl sites for hydroxylation is 4. The molecule has 1 aromatic carbocycles. The van der Waals surface area contributed by atoms with Crippen molar-refractivity contribution in [3.8, 4) is 5.75 Å². The number of hydrogen-bond acceptors (Lipinski definition) is 5. The fourth-order valence-electron chi connectivity index (χ4n) is 2.97. The minimum Gasteiger partial charge on any atom is -0.489 e. The molecule has 0 fully saturated rings. The van der Waals surface area contributed by atoms with Crippen LogP contribution in [0.25, 0.3) is 0 Å². The third kappa shape index (κ3) is 4.19. The summed E-state index contributed by atoms with van der Waals surface area (Å²) in [6.45, 7) is 8.00. The highest BCUT2D eigenvalue weighted by Crippen LogP contribution is 2.19. The summed E-state index contributed by atoms with van der Waals surface area (Å²) in [6, 6.07) is 6.95. The molecule has 7 heteroatoms. The zero-order valence-corrected chi connectivity index (χ0v) is 16.2. The van der Waals surface area contributed by atoms with Crippen LogP contribution in [0.5, 0.6) is 5.75 Å². The summed E-state index contributed by atoms with van der Waals surface area (Å²) < 4.78 is 12.7. The van der Waals surface area contributed by atoms with Crippen molar-refractivity contribution in [1.82, 2.24) is 20.3 Å². The Bertz CT molecular complexity index is 921. The van der Waals surface area contributed by atoms with Crippen LogP contribution in [0.2, 0.25) is 0 Å². The largest absolute Gasteiger partial charge is 0.489 e. The van der Waals surface area contributed by atoms with Crippen molar-refractivity contribution in [2.45, 2.75) is 40.3 Å². The monoisotopic (exact) mass is 368 g/mol. The van der Waals surface area contributed by atoms with Gasteiger partial charge in [0.25, 0.3) is 5.91 Å². The molecule has 0 aliphatic rings. The first-order valence-electron chi connectivity index (χ1n) is 8.80. The Morgan fingerprint density at radius 1 is 1.22 bits per heavy atom. The fourth-order valence-corrected chi connectivity index (χ4v) is 2.97. The first-order chi connectivity index (χ1) is 12.8. The van der Waals surface area contributed by atoms with Crippen LogP contribution in [0.15, 0.2) is 35.0 Å². The second-order valence-electron chi connectivity index (χ2n) is 6.65. The van der Waals surface area contributed by atoms with Crippen molar-refractivity contribution in [2.24, 2.45) is 7.05 Å². The molecule has 1 atom stereocenters. The number of nitrogens with one attached hydrogen (secondary N) is 1. The minimum absolute atomic E-state index is 0.123. The summed E-state index contributed by atoms with van der Waals surface area (Å²) in [6.07, 6.45) is 1.92. The minimum atomic E-state index is -0.136. The third-order valence-corrected chi connectivity index (χ3v) is 4.55. The lowest BCUT2D eigenvalue weighted by Crippen LogP contribution is -2.26. The van der Waals surface area contributed by atoms with Crippen molar-refractivity contribution in [3.05, 3.63) is 64.3 Å². The molecule has 1 amide bonds. The molecule has 0 aliphatic carbocycles. The summed E-state index contributed by atoms with van der Waals surface area (Å²) >= 11 is 0. The molecule has 0 unspecified atom stereocenters. The van der Waals surface area contributed by atoms with Crippen LogP contribution in [-0.4, -0.2) is 20.8 Å². The molecule has 2 heterocycles. The van der Waals surface area contributed by atoms with Crippen LogP contribution >= 0.6 is 0 Å². The summed E-state index contributed by atoms with van der Waals surface area (Å²) in [5.41, 5.74) is 4.26. The molecular weight excluding hydrogens is 344 g/mol. The van der Waals surface area contributed by atoms with Gasteiger partial charge in [-0.25, -0.2) is 0 Å². The van der Waals surface area contributed by atoms with E-state index in [0.717, 1.165) is 28.3 Å². The standard InChI is InChI=1S/C20H24N4O3/c1-12(18-10-24(5)22-13(18)2)21-20(25)16-6-8-17(9-7-16)26-11-19-14(3)23-27-15(19)4/h6-10,12H,11H2,1-5H3,(H,21,25)/t12-/m1/s1. The van der Waals surface area contributed by atoms with Gasteiger partial charge in [-0.2, -0.15) is 5.10 Å². The van der Waals surface area contributed by atoms with Crippen LogP contribution in [0, 0.1) is 20.8 Å². The van der Waals surface area contributed by atoms with Gasteiger partial charge in [-0.3, -0.25) is 9.48 Å². The number of amides is 1. The molecule has 142 valence electrons. The van der Waals surface area contributed by atoms with Crippen LogP contribution < -0.4 is 10.1 Å². The van der Waals surface area contributed by atoms with E-state index in [1.54, 1.807) is 28.9 Å². The summed E-state index contributed by atoms with van der Waals surface area (Å²) in [5, 5.41) is 11.2. The Morgan fingerprint density at radius 3 is 2.48 bits per heavy atom. The lowest BCUT2D eigenvalue weighted by molar-refractivity contribution is 0.0940. The molecule has 2 aromatic heterocycles. The van der Waals surface area contributed by atoms with E-state index in [-0.39, 0.29) is 11.9 Å². The SMILES string of the molecule is Cc1nn(C)cc1[C@@H](C)NC(=O)c1ccc(OCc2c(C)noc2C)cc1. The molecule has 0 bridgehead atoms. The van der Waals surface area contributed by atoms with Gasteiger partial charge in [-0.15, -0.1) is 0 Å². The number of carbonyl (C=O) groups excluding carboxylic acids is 1. The first-order valence-corrected chi connectivity index (χ1v) is 8.80. The van der Waals surface area contributed by atoms with E-state index in [9.17, 15) is 4.79 Å². The number of nitrogens with zero attached hydrogens (tertiary/aromatic N) is 3. The zero-order chi connectivity index (χ0) is 19.6. The van der Waals surface area contributed by atoms with Gasteiger partial charge >= 0.3 is 0 Å². The molecule has 0 saturated carbocycles. The van der Waals surface area contributed by atoms with Crippen molar-refractivity contribution >= 4 is 5.91 Å². The fraction of sp³-hybridized carbons (Fsp3) is 0.350. The molecule has 1 N–H and O–H groups in total. The average molecular weight is 368 g/mol. The highest BCUT2D eigenvalue weighted by molar-refractivity contribution is 5.94. The Hall–Kier alpha value is -3.09. The first kappa shape index (κ1) is 18.7. The number of hydrogen-bond donors (Lipinski definition) is 1. The van der Waals surface area contributed by atoms with Crippen LogP contribution in [0.4, 0.5) is 0 Å². The Kier molecular flexibility index (Phi) is 5.30. The van der Waals surface area contributed by atoms with Crippen LogP contribution in [0.3, 0.4) is 0 Å². The van der Waals surface area contributed by atoms with Gasteiger partial charge in [-0.1, -0.05) is 5.16 Å². The highest BCUT2D eigenvalue weighted by atomic mass is 16.5. The van der Waals surface area contributed by atoms with Gasteiger partial charge in [-0.05, 0) is 52.0 Å². The van der Waals surface area contributed by atoms with E-state index < -0.39 is 0 Å². The molecule has 0 aliphatic heterocycles. The Balaban J connectivity index is 1.61. The van der Waals surface area contributed by atoms with Crippen molar-refractivity contribution in [1.29, 1.82) is 0 Å². The number of aromatic nitrogens is 3. The van der Waals surface area contributed by atoms with Gasteiger partial charge in [0, 0.05) is 24.4 Å². The zero-order valence-electron chi connectivity index (χ0n) is 16.2. The molecule has 7 nitrogen and oxygen atoms in total. The summed E-state index contributed by atoms with van der Waals surface area (Å²) in [7, 11) is 1.87. The number of rotatable bonds is 6. The van der Waals surface area contributed by atoms with Gasteiger partial charge in [0.05, 0.1) is 23.0 Å². The van der Waals surface area contributed by atoms with E-state index in [4.69, 9.17) is 9.26 Å². The van der Waals surface area contributed by atoms with Crippen molar-refractivity contribution < 1.29 is 14.1 Å². The lowest BCUT2D eigenvalue weighted by Gasteiger charge is -2.13. The van der Waals surface area contributed by atoms with Gasteiger partial charge in [0.15, 0.2) is 0 Å². The topological polar surface area (TPSA) is 82.2 Å². The second-order valence-corrected chi connectivity index (χ2v) is 6.65. The Labute approximate surface area is 158 Å². The molecule has 0 radical (unpaired) electrons. The molecule has 3 rings (SSSR count). The Morgan fingerprint density at radius 2 is 1.93 bits per heavy atom. The molecule has 0 spiro atoms. The smallest absolute Gasteiger partial charge is 0.251 e. The van der Waals surface area contributed by atoms with Gasteiger partial charge in [0.1, 0.15) is 18.1 Å². The number of ether oxygens (including phenoxy) is 1. The van der Waals surface area contributed by atoms with Gasteiger partial charge in [0.2, 0.25) is 0 Å². The molecule has 27 heavy (non-hydrogen) atoms. The summed E-state index contributed by atoms with van der Waals surface area (Å²) in [5.74, 6) is 1.30. The number of benzene rings is 1. The second kappa shape index (κ2) is 7.65. The highest BCUT2D eigenvalue weighted by Gasteiger charge is 2.16. The van der Waals surface area contributed by atoms with Crippen molar-refractivity contribution in [3.63, 3.8) is 0 Å². The molecule has 3 aromatic rings. The van der Waals surface area contributed by atoms with E-state index in [2.05, 4.69) is 15.6 Å². The molecular formula is C20H24N4O3. The van der Waals surface area contributed by atoms with Crippen molar-refractivity contribution in [2.75, 3.05) is 0 Å². The maximum absolute atomic E-state index is 12.5. The van der Waals surface area contributed by atoms with Crippen LogP contribution in [0.1, 0.15) is 51.6 Å².